The Hall–Kier alpha value is -2.54. The minimum atomic E-state index is -0.108. The lowest BCUT2D eigenvalue weighted by atomic mass is 9.96. The molecule has 2 heterocycles. The fourth-order valence-electron chi connectivity index (χ4n) is 3.11. The summed E-state index contributed by atoms with van der Waals surface area (Å²) in [6, 6.07) is 8.13. The van der Waals surface area contributed by atoms with Crippen LogP contribution in [0.15, 0.2) is 42.3 Å². The Bertz CT molecular complexity index is 857. The van der Waals surface area contributed by atoms with Crippen molar-refractivity contribution in [1.82, 2.24) is 25.1 Å². The lowest BCUT2D eigenvalue weighted by Crippen LogP contribution is -2.42. The van der Waals surface area contributed by atoms with E-state index in [1.54, 1.807) is 17.7 Å². The first-order valence-electron chi connectivity index (χ1n) is 9.24. The average molecular weight is 384 g/mol. The molecule has 0 bridgehead atoms. The van der Waals surface area contributed by atoms with Crippen molar-refractivity contribution in [3.05, 3.63) is 64.1 Å². The molecule has 1 N–H and O–H groups in total. The molecule has 7 heteroatoms. The van der Waals surface area contributed by atoms with Gasteiger partial charge in [0.1, 0.15) is 12.7 Å². The van der Waals surface area contributed by atoms with Crippen LogP contribution < -0.4 is 5.32 Å². The lowest BCUT2D eigenvalue weighted by molar-refractivity contribution is -0.121. The number of nitrogens with zero attached hydrogens (tertiary/aromatic N) is 4. The van der Waals surface area contributed by atoms with Crippen molar-refractivity contribution >= 4 is 17.2 Å². The van der Waals surface area contributed by atoms with Gasteiger partial charge in [0.05, 0.1) is 29.2 Å². The highest BCUT2D eigenvalue weighted by Gasteiger charge is 2.26. The fraction of sp³-hybridized carbons (Fsp3) is 0.400. The van der Waals surface area contributed by atoms with E-state index in [2.05, 4.69) is 65.4 Å². The number of rotatable bonds is 8. The molecule has 0 spiro atoms. The second kappa shape index (κ2) is 8.90. The molecular formula is C20H25N5OS. The second-order valence-electron chi connectivity index (χ2n) is 6.58. The van der Waals surface area contributed by atoms with E-state index in [-0.39, 0.29) is 18.0 Å². The number of thiazole rings is 1. The molecule has 142 valence electrons. The van der Waals surface area contributed by atoms with Crippen LogP contribution >= 0.6 is 11.3 Å². The Kier molecular flexibility index (Phi) is 6.34. The number of aryl methyl sites for hydroxylation is 2. The summed E-state index contributed by atoms with van der Waals surface area (Å²) in [7, 11) is 0. The zero-order valence-electron chi connectivity index (χ0n) is 15.9. The maximum atomic E-state index is 12.6. The molecule has 27 heavy (non-hydrogen) atoms. The van der Waals surface area contributed by atoms with Gasteiger partial charge in [0.25, 0.3) is 0 Å². The summed E-state index contributed by atoms with van der Waals surface area (Å²) < 4.78 is 1.82. The van der Waals surface area contributed by atoms with Gasteiger partial charge in [0, 0.05) is 5.38 Å². The van der Waals surface area contributed by atoms with Gasteiger partial charge in [0.15, 0.2) is 0 Å². The zero-order chi connectivity index (χ0) is 19.2. The molecule has 0 radical (unpaired) electrons. The summed E-state index contributed by atoms with van der Waals surface area (Å²) in [5, 5.41) is 10.5. The number of hydrogen-bond donors (Lipinski definition) is 1. The molecule has 0 unspecified atom stereocenters. The van der Waals surface area contributed by atoms with Gasteiger partial charge in [-0.25, -0.2) is 14.6 Å². The molecule has 1 aromatic carbocycles. The van der Waals surface area contributed by atoms with Gasteiger partial charge >= 0.3 is 0 Å². The van der Waals surface area contributed by atoms with Gasteiger partial charge in [-0.05, 0) is 25.3 Å². The minimum absolute atomic E-state index is 0.0213. The zero-order valence-corrected chi connectivity index (χ0v) is 16.7. The van der Waals surface area contributed by atoms with Crippen LogP contribution in [-0.2, 0) is 17.6 Å². The van der Waals surface area contributed by atoms with E-state index < -0.39 is 0 Å². The van der Waals surface area contributed by atoms with Crippen molar-refractivity contribution < 1.29 is 4.79 Å². The largest absolute Gasteiger partial charge is 0.351 e. The third-order valence-corrected chi connectivity index (χ3v) is 5.59. The van der Waals surface area contributed by atoms with Gasteiger partial charge in [-0.3, -0.25) is 4.79 Å². The Labute approximate surface area is 163 Å². The standard InChI is InChI=1S/C20H25N5OS/c1-4-17(24-18(26)10-16-11-27-19(5-2)23-16)20(25-13-21-12-22-25)15-8-6-14(3)7-9-15/h6-9,11-13,17,20H,4-5,10H2,1-3H3,(H,24,26)/t17-,20+/m0/s1. The molecule has 0 saturated heterocycles. The van der Waals surface area contributed by atoms with E-state index in [0.29, 0.717) is 6.42 Å². The number of hydrogen-bond acceptors (Lipinski definition) is 5. The van der Waals surface area contributed by atoms with E-state index in [0.717, 1.165) is 29.1 Å². The van der Waals surface area contributed by atoms with E-state index in [1.807, 2.05) is 10.1 Å². The second-order valence-corrected chi connectivity index (χ2v) is 7.52. The van der Waals surface area contributed by atoms with Crippen LogP contribution in [0.3, 0.4) is 0 Å². The number of amides is 1. The van der Waals surface area contributed by atoms with Crippen molar-refractivity contribution in [3.63, 3.8) is 0 Å². The number of carbonyl (C=O) groups excluding carboxylic acids is 1. The first-order chi connectivity index (χ1) is 13.1. The maximum absolute atomic E-state index is 12.6. The van der Waals surface area contributed by atoms with Crippen LogP contribution in [0.5, 0.6) is 0 Å². The molecule has 3 rings (SSSR count). The number of benzene rings is 1. The van der Waals surface area contributed by atoms with Crippen LogP contribution in [0.1, 0.15) is 48.1 Å². The third-order valence-electron chi connectivity index (χ3n) is 4.55. The number of carbonyl (C=O) groups is 1. The van der Waals surface area contributed by atoms with Crippen molar-refractivity contribution in [1.29, 1.82) is 0 Å². The molecule has 0 aliphatic rings. The highest BCUT2D eigenvalue weighted by molar-refractivity contribution is 7.09. The first kappa shape index (κ1) is 19.2. The number of aromatic nitrogens is 4. The highest BCUT2D eigenvalue weighted by Crippen LogP contribution is 2.24. The molecule has 0 aliphatic heterocycles. The van der Waals surface area contributed by atoms with E-state index >= 15 is 0 Å². The van der Waals surface area contributed by atoms with Crippen molar-refractivity contribution in [2.45, 2.75) is 52.1 Å². The Morgan fingerprint density at radius 2 is 2.04 bits per heavy atom. The van der Waals surface area contributed by atoms with Gasteiger partial charge in [0.2, 0.25) is 5.91 Å². The summed E-state index contributed by atoms with van der Waals surface area (Å²) >= 11 is 1.61. The van der Waals surface area contributed by atoms with Gasteiger partial charge in [-0.2, -0.15) is 5.10 Å². The van der Waals surface area contributed by atoms with Crippen LogP contribution in [-0.4, -0.2) is 31.7 Å². The van der Waals surface area contributed by atoms with Gasteiger partial charge in [-0.1, -0.05) is 43.7 Å². The third kappa shape index (κ3) is 4.80. The molecular weight excluding hydrogens is 358 g/mol. The molecule has 2 aromatic heterocycles. The highest BCUT2D eigenvalue weighted by atomic mass is 32.1. The Morgan fingerprint density at radius 3 is 2.63 bits per heavy atom. The van der Waals surface area contributed by atoms with Crippen LogP contribution in [0.25, 0.3) is 0 Å². The molecule has 1 amide bonds. The van der Waals surface area contributed by atoms with Crippen LogP contribution in [0.4, 0.5) is 0 Å². The van der Waals surface area contributed by atoms with E-state index in [1.165, 1.54) is 11.9 Å². The summed E-state index contributed by atoms with van der Waals surface area (Å²) in [4.78, 5) is 21.2. The predicted molar refractivity (Wildman–Crippen MR) is 107 cm³/mol. The topological polar surface area (TPSA) is 72.7 Å². The fourth-order valence-corrected chi connectivity index (χ4v) is 3.86. The molecule has 2 atom stereocenters. The van der Waals surface area contributed by atoms with E-state index in [4.69, 9.17) is 0 Å². The quantitative estimate of drug-likeness (QED) is 0.648. The smallest absolute Gasteiger partial charge is 0.226 e. The Balaban J connectivity index is 1.78. The monoisotopic (exact) mass is 383 g/mol. The van der Waals surface area contributed by atoms with Crippen molar-refractivity contribution in [2.75, 3.05) is 0 Å². The first-order valence-corrected chi connectivity index (χ1v) is 10.1. The van der Waals surface area contributed by atoms with Crippen LogP contribution in [0.2, 0.25) is 0 Å². The van der Waals surface area contributed by atoms with Crippen LogP contribution in [0, 0.1) is 6.92 Å². The van der Waals surface area contributed by atoms with Gasteiger partial charge < -0.3 is 5.32 Å². The summed E-state index contributed by atoms with van der Waals surface area (Å²) in [6.45, 7) is 6.20. The van der Waals surface area contributed by atoms with Gasteiger partial charge in [-0.15, -0.1) is 11.3 Å². The summed E-state index contributed by atoms with van der Waals surface area (Å²) in [5.74, 6) is -0.0213. The molecule has 6 nitrogen and oxygen atoms in total. The minimum Gasteiger partial charge on any atom is -0.351 e. The maximum Gasteiger partial charge on any atom is 0.226 e. The summed E-state index contributed by atoms with van der Waals surface area (Å²) in [6.07, 6.45) is 5.20. The molecule has 0 fully saturated rings. The normalized spacial score (nSPS) is 13.3. The summed E-state index contributed by atoms with van der Waals surface area (Å²) in [5.41, 5.74) is 3.13. The van der Waals surface area contributed by atoms with Crippen molar-refractivity contribution in [3.8, 4) is 0 Å². The molecule has 0 saturated carbocycles. The van der Waals surface area contributed by atoms with E-state index in [9.17, 15) is 4.79 Å². The Morgan fingerprint density at radius 1 is 1.26 bits per heavy atom. The SMILES string of the molecule is CCc1nc(CC(=O)N[C@@H](CC)[C@@H](c2ccc(C)cc2)n2cncn2)cs1. The number of nitrogens with one attached hydrogen (secondary N) is 1. The van der Waals surface area contributed by atoms with Crippen molar-refractivity contribution in [2.24, 2.45) is 0 Å². The molecule has 3 aromatic rings. The lowest BCUT2D eigenvalue weighted by Gasteiger charge is -2.27. The predicted octanol–water partition coefficient (Wildman–Crippen LogP) is 3.33. The average Bonchev–Trinajstić information content (AvgIpc) is 3.34. The molecule has 0 aliphatic carbocycles.